The highest BCUT2D eigenvalue weighted by Crippen LogP contribution is 2.02. The van der Waals surface area contributed by atoms with Crippen molar-refractivity contribution in [1.29, 1.82) is 0 Å². The third-order valence-corrected chi connectivity index (χ3v) is 1.89. The lowest BCUT2D eigenvalue weighted by Crippen LogP contribution is -2.12. The van der Waals surface area contributed by atoms with Crippen molar-refractivity contribution in [1.82, 2.24) is 10.2 Å². The number of alkyl halides is 1. The molecule has 0 unspecified atom stereocenters. The van der Waals surface area contributed by atoms with Crippen LogP contribution in [0.25, 0.3) is 0 Å². The zero-order chi connectivity index (χ0) is 10.2. The summed E-state index contributed by atoms with van der Waals surface area (Å²) in [5, 5.41) is 10.0. The smallest absolute Gasteiger partial charge is 0.225 e. The van der Waals surface area contributed by atoms with Crippen LogP contribution in [-0.2, 0) is 4.79 Å². The number of anilines is 1. The second kappa shape index (κ2) is 6.32. The molecule has 5 heteroatoms. The second-order valence-corrected chi connectivity index (χ2v) is 3.18. The number of rotatable bonds is 5. The Hall–Kier alpha value is -1.16. The fourth-order valence-electron chi connectivity index (χ4n) is 0.954. The Balaban J connectivity index is 2.27. The van der Waals surface area contributed by atoms with Crippen molar-refractivity contribution < 1.29 is 4.79 Å². The molecule has 1 aromatic heterocycles. The minimum atomic E-state index is -0.0457. The van der Waals surface area contributed by atoms with Crippen molar-refractivity contribution in [2.75, 3.05) is 11.2 Å². The average Bonchev–Trinajstić information content (AvgIpc) is 2.20. The Labute approximate surface area is 87.7 Å². The van der Waals surface area contributed by atoms with Crippen molar-refractivity contribution in [2.24, 2.45) is 0 Å². The van der Waals surface area contributed by atoms with Gasteiger partial charge in [0, 0.05) is 18.5 Å². The molecule has 0 aliphatic rings. The van der Waals surface area contributed by atoms with Crippen LogP contribution in [0, 0.1) is 0 Å². The summed E-state index contributed by atoms with van der Waals surface area (Å²) < 4.78 is 0. The van der Waals surface area contributed by atoms with Gasteiger partial charge in [-0.15, -0.1) is 16.7 Å². The normalized spacial score (nSPS) is 9.79. The van der Waals surface area contributed by atoms with Crippen molar-refractivity contribution in [3.05, 3.63) is 18.3 Å². The van der Waals surface area contributed by atoms with E-state index >= 15 is 0 Å². The van der Waals surface area contributed by atoms with Gasteiger partial charge >= 0.3 is 0 Å². The van der Waals surface area contributed by atoms with Gasteiger partial charge < -0.3 is 5.32 Å². The van der Waals surface area contributed by atoms with Gasteiger partial charge in [0.05, 0.1) is 0 Å². The highest BCUT2D eigenvalue weighted by atomic mass is 35.5. The second-order valence-electron chi connectivity index (χ2n) is 2.80. The van der Waals surface area contributed by atoms with E-state index in [1.54, 1.807) is 18.3 Å². The van der Waals surface area contributed by atoms with E-state index in [9.17, 15) is 4.79 Å². The molecule has 0 saturated heterocycles. The molecule has 0 atom stereocenters. The van der Waals surface area contributed by atoms with E-state index in [4.69, 9.17) is 11.6 Å². The van der Waals surface area contributed by atoms with Crippen LogP contribution < -0.4 is 5.32 Å². The zero-order valence-electron chi connectivity index (χ0n) is 7.74. The maximum Gasteiger partial charge on any atom is 0.225 e. The minimum absolute atomic E-state index is 0.0457. The molecule has 1 rings (SSSR count). The summed E-state index contributed by atoms with van der Waals surface area (Å²) in [4.78, 5) is 11.3. The van der Waals surface area contributed by atoms with Crippen LogP contribution in [0.1, 0.15) is 19.3 Å². The van der Waals surface area contributed by atoms with Crippen molar-refractivity contribution in [3.8, 4) is 0 Å². The van der Waals surface area contributed by atoms with Gasteiger partial charge in [-0.1, -0.05) is 0 Å². The molecule has 1 N–H and O–H groups in total. The highest BCUT2D eigenvalue weighted by Gasteiger charge is 2.01. The summed E-state index contributed by atoms with van der Waals surface area (Å²) in [5.74, 6) is 1.04. The van der Waals surface area contributed by atoms with Gasteiger partial charge in [0.15, 0.2) is 5.82 Å². The fourth-order valence-corrected chi connectivity index (χ4v) is 1.14. The summed E-state index contributed by atoms with van der Waals surface area (Å²) in [5.41, 5.74) is 0. The maximum absolute atomic E-state index is 11.3. The van der Waals surface area contributed by atoms with E-state index in [0.29, 0.717) is 18.1 Å². The van der Waals surface area contributed by atoms with Gasteiger partial charge in [-0.2, -0.15) is 5.10 Å². The monoisotopic (exact) mass is 213 g/mol. The van der Waals surface area contributed by atoms with Gasteiger partial charge in [0.2, 0.25) is 5.91 Å². The standard InChI is InChI=1S/C9H12ClN3O/c10-6-2-1-5-9(14)12-8-4-3-7-11-13-8/h3-4,7H,1-2,5-6H2,(H,12,13,14). The first-order valence-electron chi connectivity index (χ1n) is 4.46. The SMILES string of the molecule is O=C(CCCCCl)Nc1cccnn1. The van der Waals surface area contributed by atoms with E-state index in [0.717, 1.165) is 12.8 Å². The quantitative estimate of drug-likeness (QED) is 0.600. The van der Waals surface area contributed by atoms with Crippen LogP contribution in [0.2, 0.25) is 0 Å². The number of hydrogen-bond donors (Lipinski definition) is 1. The van der Waals surface area contributed by atoms with Gasteiger partial charge in [-0.25, -0.2) is 0 Å². The molecule has 14 heavy (non-hydrogen) atoms. The number of aromatic nitrogens is 2. The first-order chi connectivity index (χ1) is 6.83. The number of carbonyl (C=O) groups is 1. The van der Waals surface area contributed by atoms with Gasteiger partial charge in [0.1, 0.15) is 0 Å². The number of halogens is 1. The zero-order valence-corrected chi connectivity index (χ0v) is 8.50. The first kappa shape index (κ1) is 10.9. The van der Waals surface area contributed by atoms with Crippen LogP contribution in [0.3, 0.4) is 0 Å². The molecule has 4 nitrogen and oxygen atoms in total. The summed E-state index contributed by atoms with van der Waals surface area (Å²) in [6, 6.07) is 3.42. The number of nitrogens with one attached hydrogen (secondary N) is 1. The predicted octanol–water partition coefficient (Wildman–Crippen LogP) is 1.82. The van der Waals surface area contributed by atoms with E-state index in [1.165, 1.54) is 0 Å². The lowest BCUT2D eigenvalue weighted by molar-refractivity contribution is -0.116. The summed E-state index contributed by atoms with van der Waals surface area (Å²) in [6.07, 6.45) is 3.69. The molecule has 76 valence electrons. The molecule has 0 radical (unpaired) electrons. The Kier molecular flexibility index (Phi) is 4.93. The van der Waals surface area contributed by atoms with Crippen LogP contribution in [-0.4, -0.2) is 22.0 Å². The molecule has 0 bridgehead atoms. The molecule has 0 fully saturated rings. The number of amides is 1. The molecule has 0 aliphatic carbocycles. The molecule has 1 heterocycles. The van der Waals surface area contributed by atoms with Crippen molar-refractivity contribution in [3.63, 3.8) is 0 Å². The minimum Gasteiger partial charge on any atom is -0.309 e. The molecule has 0 aliphatic heterocycles. The maximum atomic E-state index is 11.3. The third-order valence-electron chi connectivity index (χ3n) is 1.63. The largest absolute Gasteiger partial charge is 0.309 e. The molecule has 0 spiro atoms. The highest BCUT2D eigenvalue weighted by molar-refractivity contribution is 6.17. The van der Waals surface area contributed by atoms with Crippen molar-refractivity contribution in [2.45, 2.75) is 19.3 Å². The summed E-state index contributed by atoms with van der Waals surface area (Å²) in [7, 11) is 0. The number of carbonyl (C=O) groups excluding carboxylic acids is 1. The summed E-state index contributed by atoms with van der Waals surface area (Å²) >= 11 is 5.49. The fraction of sp³-hybridized carbons (Fsp3) is 0.444. The molecule has 1 amide bonds. The van der Waals surface area contributed by atoms with Crippen LogP contribution in [0.5, 0.6) is 0 Å². The number of nitrogens with zero attached hydrogens (tertiary/aromatic N) is 2. The summed E-state index contributed by atoms with van der Waals surface area (Å²) in [6.45, 7) is 0. The molecule has 0 saturated carbocycles. The Morgan fingerprint density at radius 2 is 2.36 bits per heavy atom. The molecular formula is C9H12ClN3O. The molecule has 1 aromatic rings. The van der Waals surface area contributed by atoms with Crippen molar-refractivity contribution >= 4 is 23.3 Å². The third kappa shape index (κ3) is 4.18. The van der Waals surface area contributed by atoms with E-state index in [-0.39, 0.29) is 5.91 Å². The topological polar surface area (TPSA) is 54.9 Å². The number of unbranched alkanes of at least 4 members (excludes halogenated alkanes) is 1. The Morgan fingerprint density at radius 3 is 3.00 bits per heavy atom. The Morgan fingerprint density at radius 1 is 1.50 bits per heavy atom. The van der Waals surface area contributed by atoms with E-state index < -0.39 is 0 Å². The van der Waals surface area contributed by atoms with Crippen LogP contribution in [0.4, 0.5) is 5.82 Å². The lowest BCUT2D eigenvalue weighted by atomic mass is 10.2. The predicted molar refractivity (Wildman–Crippen MR) is 55.2 cm³/mol. The lowest BCUT2D eigenvalue weighted by Gasteiger charge is -2.01. The average molecular weight is 214 g/mol. The molecule has 0 aromatic carbocycles. The Bertz CT molecular complexity index is 279. The first-order valence-corrected chi connectivity index (χ1v) is 5.00. The van der Waals surface area contributed by atoms with Gasteiger partial charge in [-0.05, 0) is 25.0 Å². The number of hydrogen-bond acceptors (Lipinski definition) is 3. The van der Waals surface area contributed by atoms with E-state index in [2.05, 4.69) is 15.5 Å². The molecular weight excluding hydrogens is 202 g/mol. The van der Waals surface area contributed by atoms with Crippen LogP contribution in [0.15, 0.2) is 18.3 Å². The van der Waals surface area contributed by atoms with Gasteiger partial charge in [-0.3, -0.25) is 4.79 Å². The van der Waals surface area contributed by atoms with E-state index in [1.807, 2.05) is 0 Å². The van der Waals surface area contributed by atoms with Gasteiger partial charge in [0.25, 0.3) is 0 Å². The van der Waals surface area contributed by atoms with Crippen LogP contribution >= 0.6 is 11.6 Å².